The second-order valence-electron chi connectivity index (χ2n) is 5.23. The number of hydrogen-bond donors (Lipinski definition) is 1. The van der Waals surface area contributed by atoms with Gasteiger partial charge < -0.3 is 4.57 Å². The van der Waals surface area contributed by atoms with Gasteiger partial charge in [0.25, 0.3) is 5.91 Å². The number of carbonyl (C=O) groups is 1. The highest BCUT2D eigenvalue weighted by atomic mass is 35.5. The number of amides is 1. The predicted molar refractivity (Wildman–Crippen MR) is 102 cm³/mol. The Bertz CT molecular complexity index is 911. The maximum absolute atomic E-state index is 11.9. The Morgan fingerprint density at radius 2 is 1.96 bits per heavy atom. The van der Waals surface area contributed by atoms with Crippen molar-refractivity contribution in [3.63, 3.8) is 0 Å². The molecule has 0 atom stereocenters. The Kier molecular flexibility index (Phi) is 5.98. The Labute approximate surface area is 159 Å². The first kappa shape index (κ1) is 18.1. The SMILES string of the molecule is Cn1c(SCC(=O)N/N=C\c2ccncc2)nnc1-c1ccc(Cl)cc1. The number of hydrazone groups is 1. The summed E-state index contributed by atoms with van der Waals surface area (Å²) < 4.78 is 1.83. The van der Waals surface area contributed by atoms with Crippen LogP contribution in [0.3, 0.4) is 0 Å². The zero-order chi connectivity index (χ0) is 18.4. The van der Waals surface area contributed by atoms with Crippen LogP contribution in [0.1, 0.15) is 5.56 Å². The molecule has 0 aliphatic heterocycles. The van der Waals surface area contributed by atoms with E-state index in [0.29, 0.717) is 16.0 Å². The molecular formula is C17H15ClN6OS. The van der Waals surface area contributed by atoms with E-state index in [9.17, 15) is 4.79 Å². The van der Waals surface area contributed by atoms with Crippen LogP contribution >= 0.6 is 23.4 Å². The zero-order valence-electron chi connectivity index (χ0n) is 13.8. The highest BCUT2D eigenvalue weighted by molar-refractivity contribution is 7.99. The lowest BCUT2D eigenvalue weighted by atomic mass is 10.2. The highest BCUT2D eigenvalue weighted by Gasteiger charge is 2.12. The molecule has 0 fully saturated rings. The molecule has 0 radical (unpaired) electrons. The van der Waals surface area contributed by atoms with Gasteiger partial charge in [0.15, 0.2) is 11.0 Å². The normalized spacial score (nSPS) is 11.0. The number of benzene rings is 1. The minimum absolute atomic E-state index is 0.181. The molecular weight excluding hydrogens is 372 g/mol. The second kappa shape index (κ2) is 8.59. The van der Waals surface area contributed by atoms with Gasteiger partial charge in [-0.05, 0) is 42.0 Å². The van der Waals surface area contributed by atoms with Gasteiger partial charge in [-0.3, -0.25) is 9.78 Å². The van der Waals surface area contributed by atoms with Crippen molar-refractivity contribution in [2.45, 2.75) is 5.16 Å². The zero-order valence-corrected chi connectivity index (χ0v) is 15.4. The van der Waals surface area contributed by atoms with Gasteiger partial charge in [0.1, 0.15) is 0 Å². The summed E-state index contributed by atoms with van der Waals surface area (Å²) in [4.78, 5) is 15.8. The molecule has 1 amide bonds. The molecule has 3 aromatic rings. The third-order valence-electron chi connectivity index (χ3n) is 3.38. The van der Waals surface area contributed by atoms with Crippen molar-refractivity contribution in [2.75, 3.05) is 5.75 Å². The van der Waals surface area contributed by atoms with Gasteiger partial charge in [-0.2, -0.15) is 5.10 Å². The van der Waals surface area contributed by atoms with Crippen molar-refractivity contribution in [1.29, 1.82) is 0 Å². The standard InChI is InChI=1S/C17H15ClN6OS/c1-24-16(13-2-4-14(18)5-3-13)22-23-17(24)26-11-15(25)21-20-10-12-6-8-19-9-7-12/h2-10H,11H2,1H3,(H,21,25)/b20-10-. The molecule has 1 N–H and O–H groups in total. The molecule has 0 aliphatic rings. The summed E-state index contributed by atoms with van der Waals surface area (Å²) in [5.74, 6) is 0.664. The van der Waals surface area contributed by atoms with Crippen molar-refractivity contribution >= 4 is 35.5 Å². The molecule has 0 saturated carbocycles. The number of carbonyl (C=O) groups excluding carboxylic acids is 1. The lowest BCUT2D eigenvalue weighted by molar-refractivity contribution is -0.118. The second-order valence-corrected chi connectivity index (χ2v) is 6.61. The quantitative estimate of drug-likeness (QED) is 0.400. The molecule has 7 nitrogen and oxygen atoms in total. The third kappa shape index (κ3) is 4.68. The lowest BCUT2D eigenvalue weighted by Gasteiger charge is -2.03. The fourth-order valence-electron chi connectivity index (χ4n) is 2.08. The van der Waals surface area contributed by atoms with Crippen LogP contribution in [0.25, 0.3) is 11.4 Å². The van der Waals surface area contributed by atoms with Crippen LogP contribution in [0, 0.1) is 0 Å². The molecule has 2 heterocycles. The van der Waals surface area contributed by atoms with E-state index in [1.54, 1.807) is 42.9 Å². The highest BCUT2D eigenvalue weighted by Crippen LogP contribution is 2.23. The molecule has 1 aromatic carbocycles. The Morgan fingerprint density at radius 3 is 2.69 bits per heavy atom. The van der Waals surface area contributed by atoms with E-state index in [1.807, 2.05) is 23.7 Å². The van der Waals surface area contributed by atoms with Gasteiger partial charge in [0.2, 0.25) is 0 Å². The fourth-order valence-corrected chi connectivity index (χ4v) is 2.91. The largest absolute Gasteiger partial charge is 0.305 e. The molecule has 3 rings (SSSR count). The van der Waals surface area contributed by atoms with Gasteiger partial charge in [-0.15, -0.1) is 10.2 Å². The summed E-state index contributed by atoms with van der Waals surface area (Å²) in [6.45, 7) is 0. The minimum atomic E-state index is -0.226. The van der Waals surface area contributed by atoms with Crippen LogP contribution in [-0.2, 0) is 11.8 Å². The number of hydrogen-bond acceptors (Lipinski definition) is 6. The van der Waals surface area contributed by atoms with E-state index in [2.05, 4.69) is 25.7 Å². The van der Waals surface area contributed by atoms with E-state index < -0.39 is 0 Å². The Balaban J connectivity index is 1.55. The van der Waals surface area contributed by atoms with E-state index >= 15 is 0 Å². The van der Waals surface area contributed by atoms with Crippen molar-refractivity contribution in [3.8, 4) is 11.4 Å². The van der Waals surface area contributed by atoms with Crippen molar-refractivity contribution in [1.82, 2.24) is 25.2 Å². The summed E-state index contributed by atoms with van der Waals surface area (Å²) >= 11 is 7.19. The first-order valence-corrected chi connectivity index (χ1v) is 9.00. The molecule has 0 saturated heterocycles. The van der Waals surface area contributed by atoms with Crippen molar-refractivity contribution < 1.29 is 4.79 Å². The van der Waals surface area contributed by atoms with Crippen molar-refractivity contribution in [2.24, 2.45) is 12.1 Å². The monoisotopic (exact) mass is 386 g/mol. The average Bonchev–Trinajstić information content (AvgIpc) is 3.02. The van der Waals surface area contributed by atoms with Gasteiger partial charge in [-0.1, -0.05) is 23.4 Å². The van der Waals surface area contributed by atoms with E-state index in [0.717, 1.165) is 11.1 Å². The molecule has 9 heteroatoms. The molecule has 26 heavy (non-hydrogen) atoms. The maximum Gasteiger partial charge on any atom is 0.250 e. The smallest absolute Gasteiger partial charge is 0.250 e. The molecule has 0 spiro atoms. The van der Waals surface area contributed by atoms with Crippen LogP contribution in [0.5, 0.6) is 0 Å². The summed E-state index contributed by atoms with van der Waals surface area (Å²) in [5, 5.41) is 13.5. The number of halogens is 1. The summed E-state index contributed by atoms with van der Waals surface area (Å²) in [6, 6.07) is 10.9. The maximum atomic E-state index is 11.9. The van der Waals surface area contributed by atoms with Gasteiger partial charge >= 0.3 is 0 Å². The van der Waals surface area contributed by atoms with Crippen LogP contribution in [0.4, 0.5) is 0 Å². The number of nitrogens with one attached hydrogen (secondary N) is 1. The fraction of sp³-hybridized carbons (Fsp3) is 0.118. The topological polar surface area (TPSA) is 85.1 Å². The van der Waals surface area contributed by atoms with Crippen LogP contribution in [0.2, 0.25) is 5.02 Å². The van der Waals surface area contributed by atoms with Crippen LogP contribution in [0.15, 0.2) is 59.0 Å². The number of rotatable bonds is 6. The van der Waals surface area contributed by atoms with Crippen LogP contribution < -0.4 is 5.43 Å². The van der Waals surface area contributed by atoms with Gasteiger partial charge in [0, 0.05) is 30.0 Å². The first-order valence-electron chi connectivity index (χ1n) is 7.63. The molecule has 0 bridgehead atoms. The number of aromatic nitrogens is 4. The average molecular weight is 387 g/mol. The third-order valence-corrected chi connectivity index (χ3v) is 4.65. The summed E-state index contributed by atoms with van der Waals surface area (Å²) in [6.07, 6.45) is 4.88. The van der Waals surface area contributed by atoms with Crippen LogP contribution in [-0.4, -0.2) is 37.6 Å². The minimum Gasteiger partial charge on any atom is -0.305 e. The van der Waals surface area contributed by atoms with E-state index in [-0.39, 0.29) is 11.7 Å². The van der Waals surface area contributed by atoms with E-state index in [4.69, 9.17) is 11.6 Å². The first-order chi connectivity index (χ1) is 12.6. The Morgan fingerprint density at radius 1 is 1.23 bits per heavy atom. The number of thioether (sulfide) groups is 1. The van der Waals surface area contributed by atoms with Crippen molar-refractivity contribution in [3.05, 3.63) is 59.4 Å². The number of pyridine rings is 1. The summed E-state index contributed by atoms with van der Waals surface area (Å²) in [7, 11) is 1.85. The van der Waals surface area contributed by atoms with Gasteiger partial charge in [0.05, 0.1) is 12.0 Å². The predicted octanol–water partition coefficient (Wildman–Crippen LogP) is 2.77. The molecule has 0 aliphatic carbocycles. The van der Waals surface area contributed by atoms with Gasteiger partial charge in [-0.25, -0.2) is 5.43 Å². The summed E-state index contributed by atoms with van der Waals surface area (Å²) in [5.41, 5.74) is 4.24. The lowest BCUT2D eigenvalue weighted by Crippen LogP contribution is -2.19. The van der Waals surface area contributed by atoms with E-state index in [1.165, 1.54) is 11.8 Å². The molecule has 0 unspecified atom stereocenters. The molecule has 2 aromatic heterocycles. The molecule has 132 valence electrons. The number of nitrogens with zero attached hydrogens (tertiary/aromatic N) is 5. The Hall–Kier alpha value is -2.71.